The van der Waals surface area contributed by atoms with Gasteiger partial charge in [0.15, 0.2) is 0 Å². The number of halogens is 2. The molecule has 1 aliphatic rings. The van der Waals surface area contributed by atoms with E-state index in [1.807, 2.05) is 12.1 Å². The van der Waals surface area contributed by atoms with E-state index in [1.165, 1.54) is 0 Å². The fraction of sp³-hybridized carbons (Fsp3) is 0.500. The van der Waals surface area contributed by atoms with Crippen LogP contribution < -0.4 is 5.73 Å². The zero-order valence-corrected chi connectivity index (χ0v) is 10.4. The fourth-order valence-electron chi connectivity index (χ4n) is 2.02. The van der Waals surface area contributed by atoms with E-state index in [0.717, 1.165) is 18.4 Å². The van der Waals surface area contributed by atoms with E-state index in [2.05, 4.69) is 0 Å². The van der Waals surface area contributed by atoms with Gasteiger partial charge in [-0.15, -0.1) is 0 Å². The lowest BCUT2D eigenvalue weighted by Gasteiger charge is -2.27. The lowest BCUT2D eigenvalue weighted by atomic mass is 9.90. The molecule has 1 saturated carbocycles. The van der Waals surface area contributed by atoms with Gasteiger partial charge in [-0.2, -0.15) is 0 Å². The molecule has 0 heterocycles. The summed E-state index contributed by atoms with van der Waals surface area (Å²) in [6.45, 7) is 0.264. The summed E-state index contributed by atoms with van der Waals surface area (Å²) in [5, 5.41) is 11.4. The fourth-order valence-corrected chi connectivity index (χ4v) is 2.41. The molecule has 1 aliphatic carbocycles. The summed E-state index contributed by atoms with van der Waals surface area (Å²) in [5.74, 6) is 0.313. The summed E-state index contributed by atoms with van der Waals surface area (Å²) < 4.78 is 0. The molecule has 1 aromatic carbocycles. The van der Waals surface area contributed by atoms with Crippen molar-refractivity contribution in [2.75, 3.05) is 6.54 Å². The van der Waals surface area contributed by atoms with Crippen LogP contribution in [0.3, 0.4) is 0 Å². The van der Waals surface area contributed by atoms with E-state index < -0.39 is 5.60 Å². The number of aliphatic hydroxyl groups is 1. The van der Waals surface area contributed by atoms with Gasteiger partial charge in [0.2, 0.25) is 0 Å². The second-order valence-electron chi connectivity index (χ2n) is 4.47. The number of rotatable bonds is 4. The van der Waals surface area contributed by atoms with E-state index in [9.17, 15) is 5.11 Å². The highest BCUT2D eigenvalue weighted by atomic mass is 35.5. The summed E-state index contributed by atoms with van der Waals surface area (Å²) in [6, 6.07) is 5.47. The van der Waals surface area contributed by atoms with Gasteiger partial charge in [0.05, 0.1) is 15.6 Å². The molecular weight excluding hydrogens is 245 g/mol. The molecule has 1 atom stereocenters. The Kier molecular flexibility index (Phi) is 3.45. The maximum atomic E-state index is 10.4. The van der Waals surface area contributed by atoms with Gasteiger partial charge in [-0.05, 0) is 30.4 Å². The summed E-state index contributed by atoms with van der Waals surface area (Å²) >= 11 is 12.0. The molecule has 0 aliphatic heterocycles. The summed E-state index contributed by atoms with van der Waals surface area (Å²) in [7, 11) is 0. The van der Waals surface area contributed by atoms with Crippen LogP contribution in [0, 0.1) is 5.92 Å². The molecule has 1 fully saturated rings. The first-order valence-electron chi connectivity index (χ1n) is 5.42. The first-order valence-corrected chi connectivity index (χ1v) is 6.18. The lowest BCUT2D eigenvalue weighted by Crippen LogP contribution is -2.42. The predicted molar refractivity (Wildman–Crippen MR) is 66.9 cm³/mol. The summed E-state index contributed by atoms with van der Waals surface area (Å²) in [5.41, 5.74) is 5.70. The highest BCUT2D eigenvalue weighted by Crippen LogP contribution is 2.42. The van der Waals surface area contributed by atoms with Crippen LogP contribution in [0.25, 0.3) is 0 Å². The first kappa shape index (κ1) is 12.2. The average molecular weight is 260 g/mol. The van der Waals surface area contributed by atoms with Crippen molar-refractivity contribution < 1.29 is 5.11 Å². The minimum absolute atomic E-state index is 0.264. The zero-order chi connectivity index (χ0) is 11.8. The Morgan fingerprint density at radius 1 is 1.38 bits per heavy atom. The van der Waals surface area contributed by atoms with E-state index in [4.69, 9.17) is 28.9 Å². The van der Waals surface area contributed by atoms with E-state index in [0.29, 0.717) is 22.4 Å². The molecule has 0 saturated heterocycles. The maximum absolute atomic E-state index is 10.4. The molecule has 0 bridgehead atoms. The van der Waals surface area contributed by atoms with E-state index in [-0.39, 0.29) is 6.54 Å². The number of benzene rings is 1. The second kappa shape index (κ2) is 4.53. The van der Waals surface area contributed by atoms with Crippen molar-refractivity contribution in [2.24, 2.45) is 11.7 Å². The number of nitrogens with two attached hydrogens (primary N) is 1. The summed E-state index contributed by atoms with van der Waals surface area (Å²) in [6.07, 6.45) is 2.57. The van der Waals surface area contributed by atoms with Crippen molar-refractivity contribution in [3.63, 3.8) is 0 Å². The average Bonchev–Trinajstić information content (AvgIpc) is 3.08. The molecule has 0 spiro atoms. The topological polar surface area (TPSA) is 46.2 Å². The Balaban J connectivity index is 2.22. The third-order valence-corrected chi connectivity index (χ3v) is 4.08. The second-order valence-corrected chi connectivity index (χ2v) is 5.26. The van der Waals surface area contributed by atoms with Crippen molar-refractivity contribution in [1.29, 1.82) is 0 Å². The highest BCUT2D eigenvalue weighted by Gasteiger charge is 2.42. The molecule has 0 aromatic heterocycles. The smallest absolute Gasteiger partial charge is 0.0837 e. The van der Waals surface area contributed by atoms with Crippen molar-refractivity contribution >= 4 is 23.2 Å². The maximum Gasteiger partial charge on any atom is 0.0837 e. The minimum atomic E-state index is -0.825. The molecule has 1 aromatic rings. The molecular formula is C12H15Cl2NO. The first-order chi connectivity index (χ1) is 7.57. The van der Waals surface area contributed by atoms with E-state index >= 15 is 0 Å². The Morgan fingerprint density at radius 2 is 2.06 bits per heavy atom. The van der Waals surface area contributed by atoms with Crippen molar-refractivity contribution in [3.8, 4) is 0 Å². The predicted octanol–water partition coefficient (Wildman–Crippen LogP) is 2.64. The molecule has 3 N–H and O–H groups in total. The molecule has 2 nitrogen and oxygen atoms in total. The number of hydrogen-bond donors (Lipinski definition) is 2. The van der Waals surface area contributed by atoms with Crippen LogP contribution in [0.1, 0.15) is 18.4 Å². The molecule has 88 valence electrons. The summed E-state index contributed by atoms with van der Waals surface area (Å²) in [4.78, 5) is 0. The Labute approximate surface area is 105 Å². The van der Waals surface area contributed by atoms with Crippen molar-refractivity contribution in [2.45, 2.75) is 24.9 Å². The van der Waals surface area contributed by atoms with Gasteiger partial charge in [0, 0.05) is 13.0 Å². The van der Waals surface area contributed by atoms with Crippen molar-refractivity contribution in [3.05, 3.63) is 33.8 Å². The molecule has 2 rings (SSSR count). The van der Waals surface area contributed by atoms with Crippen molar-refractivity contribution in [1.82, 2.24) is 0 Å². The molecule has 16 heavy (non-hydrogen) atoms. The van der Waals surface area contributed by atoms with Gasteiger partial charge in [-0.1, -0.05) is 35.3 Å². The van der Waals surface area contributed by atoms with Crippen LogP contribution in [-0.2, 0) is 6.42 Å². The van der Waals surface area contributed by atoms with Gasteiger partial charge in [0.25, 0.3) is 0 Å². The van der Waals surface area contributed by atoms with Crippen LogP contribution in [0.4, 0.5) is 0 Å². The molecule has 0 radical (unpaired) electrons. The molecule has 4 heteroatoms. The van der Waals surface area contributed by atoms with E-state index in [1.54, 1.807) is 6.07 Å². The van der Waals surface area contributed by atoms with Crippen LogP contribution in [0.15, 0.2) is 18.2 Å². The SMILES string of the molecule is NCC(O)(Cc1cccc(Cl)c1Cl)C1CC1. The van der Waals surface area contributed by atoms with Gasteiger partial charge in [-0.3, -0.25) is 0 Å². The van der Waals surface area contributed by atoms with Gasteiger partial charge >= 0.3 is 0 Å². The standard InChI is InChI=1S/C12H15Cl2NO/c13-10-3-1-2-8(11(10)14)6-12(16,7-15)9-4-5-9/h1-3,9,16H,4-7,15H2. The van der Waals surface area contributed by atoms with Gasteiger partial charge in [0.1, 0.15) is 0 Å². The lowest BCUT2D eigenvalue weighted by molar-refractivity contribution is 0.0267. The zero-order valence-electron chi connectivity index (χ0n) is 8.92. The van der Waals surface area contributed by atoms with Crippen LogP contribution in [0.5, 0.6) is 0 Å². The van der Waals surface area contributed by atoms with Gasteiger partial charge < -0.3 is 10.8 Å². The Morgan fingerprint density at radius 3 is 2.62 bits per heavy atom. The van der Waals surface area contributed by atoms with Crippen LogP contribution >= 0.6 is 23.2 Å². The van der Waals surface area contributed by atoms with Gasteiger partial charge in [-0.25, -0.2) is 0 Å². The number of hydrogen-bond acceptors (Lipinski definition) is 2. The largest absolute Gasteiger partial charge is 0.388 e. The quantitative estimate of drug-likeness (QED) is 0.874. The van der Waals surface area contributed by atoms with Crippen LogP contribution in [-0.4, -0.2) is 17.3 Å². The highest BCUT2D eigenvalue weighted by molar-refractivity contribution is 6.42. The Bertz CT molecular complexity index is 393. The molecule has 0 amide bonds. The van der Waals surface area contributed by atoms with Crippen LogP contribution in [0.2, 0.25) is 10.0 Å². The normalized spacial score (nSPS) is 19.5. The monoisotopic (exact) mass is 259 g/mol. The third-order valence-electron chi connectivity index (χ3n) is 3.22. The molecule has 1 unspecified atom stereocenters. The third kappa shape index (κ3) is 2.35. The minimum Gasteiger partial charge on any atom is -0.388 e. The Hall–Kier alpha value is -0.280.